The second-order valence-electron chi connectivity index (χ2n) is 5.19. The number of nitrogens with zero attached hydrogens (tertiary/aromatic N) is 2. The Balaban J connectivity index is 2.11. The van der Waals surface area contributed by atoms with Crippen molar-refractivity contribution in [1.82, 2.24) is 15.2 Å². The molecule has 0 aromatic carbocycles. The van der Waals surface area contributed by atoms with Gasteiger partial charge in [-0.25, -0.2) is 4.98 Å². The van der Waals surface area contributed by atoms with Gasteiger partial charge in [-0.1, -0.05) is 13.8 Å². The number of amides is 2. The Hall–Kier alpha value is -1.43. The smallest absolute Gasteiger partial charge is 0.248 e. The number of nitrogens with one attached hydrogen (secondary N) is 1. The summed E-state index contributed by atoms with van der Waals surface area (Å²) in [6, 6.07) is 0. The summed E-state index contributed by atoms with van der Waals surface area (Å²) in [5, 5.41) is 5.71. The molecule has 6 heteroatoms. The third-order valence-electron chi connectivity index (χ3n) is 3.58. The van der Waals surface area contributed by atoms with Crippen LogP contribution in [0, 0.1) is 0 Å². The highest BCUT2D eigenvalue weighted by molar-refractivity contribution is 7.09. The third-order valence-corrected chi connectivity index (χ3v) is 4.59. The van der Waals surface area contributed by atoms with Gasteiger partial charge in [0.05, 0.1) is 11.6 Å². The summed E-state index contributed by atoms with van der Waals surface area (Å²) >= 11 is 1.58. The fraction of sp³-hybridized carbons (Fsp3) is 0.615. The molecular weight excluding hydrogens is 262 g/mol. The molecule has 19 heavy (non-hydrogen) atoms. The highest BCUT2D eigenvalue weighted by atomic mass is 32.1. The van der Waals surface area contributed by atoms with Crippen LogP contribution in [-0.4, -0.2) is 40.3 Å². The van der Waals surface area contributed by atoms with Crippen molar-refractivity contribution >= 4 is 23.2 Å². The molecule has 5 nitrogen and oxygen atoms in total. The van der Waals surface area contributed by atoms with Crippen LogP contribution in [0.1, 0.15) is 38.1 Å². The highest BCUT2D eigenvalue weighted by Crippen LogP contribution is 2.23. The lowest BCUT2D eigenvalue weighted by atomic mass is 9.94. The predicted octanol–water partition coefficient (Wildman–Crippen LogP) is 1.37. The maximum atomic E-state index is 12.4. The van der Waals surface area contributed by atoms with Crippen molar-refractivity contribution in [1.29, 1.82) is 0 Å². The largest absolute Gasteiger partial charge is 0.340 e. The van der Waals surface area contributed by atoms with Crippen molar-refractivity contribution in [3.8, 4) is 0 Å². The zero-order valence-electron chi connectivity index (χ0n) is 11.5. The molecule has 2 unspecified atom stereocenters. The Kier molecular flexibility index (Phi) is 3.89. The van der Waals surface area contributed by atoms with Crippen molar-refractivity contribution in [3.63, 3.8) is 0 Å². The molecule has 0 aliphatic carbocycles. The van der Waals surface area contributed by atoms with Crippen molar-refractivity contribution < 1.29 is 9.59 Å². The number of thiazole rings is 1. The van der Waals surface area contributed by atoms with Gasteiger partial charge >= 0.3 is 0 Å². The zero-order valence-corrected chi connectivity index (χ0v) is 12.3. The molecule has 1 aliphatic heterocycles. The van der Waals surface area contributed by atoms with Gasteiger partial charge in [0.25, 0.3) is 0 Å². The Labute approximate surface area is 117 Å². The minimum Gasteiger partial charge on any atom is -0.340 e. The van der Waals surface area contributed by atoms with Crippen LogP contribution in [0.3, 0.4) is 0 Å². The average Bonchev–Trinajstić information content (AvgIpc) is 2.89. The summed E-state index contributed by atoms with van der Waals surface area (Å²) in [4.78, 5) is 30.1. The van der Waals surface area contributed by atoms with Gasteiger partial charge in [-0.05, 0) is 13.3 Å². The van der Waals surface area contributed by atoms with Crippen molar-refractivity contribution in [2.75, 3.05) is 13.1 Å². The van der Waals surface area contributed by atoms with Crippen molar-refractivity contribution in [3.05, 3.63) is 16.6 Å². The first-order chi connectivity index (χ1) is 8.96. The van der Waals surface area contributed by atoms with E-state index in [1.807, 2.05) is 19.2 Å². The molecule has 1 aliphatic rings. The number of carbonyl (C=O) groups is 2. The molecule has 2 rings (SSSR count). The second kappa shape index (κ2) is 5.28. The Bertz CT molecular complexity index is 474. The van der Waals surface area contributed by atoms with Crippen molar-refractivity contribution in [2.45, 2.75) is 38.6 Å². The van der Waals surface area contributed by atoms with Gasteiger partial charge in [0, 0.05) is 24.0 Å². The van der Waals surface area contributed by atoms with Gasteiger partial charge in [0.15, 0.2) is 0 Å². The van der Waals surface area contributed by atoms with E-state index in [-0.39, 0.29) is 24.3 Å². The molecule has 2 atom stereocenters. The van der Waals surface area contributed by atoms with Crippen LogP contribution in [0.5, 0.6) is 0 Å². The lowest BCUT2D eigenvalue weighted by molar-refractivity contribution is -0.149. The van der Waals surface area contributed by atoms with Gasteiger partial charge in [-0.3, -0.25) is 9.59 Å². The zero-order chi connectivity index (χ0) is 14.0. The summed E-state index contributed by atoms with van der Waals surface area (Å²) < 4.78 is 0. The van der Waals surface area contributed by atoms with Crippen LogP contribution in [0.2, 0.25) is 0 Å². The molecule has 1 aromatic rings. The van der Waals surface area contributed by atoms with E-state index in [2.05, 4.69) is 10.3 Å². The fourth-order valence-electron chi connectivity index (χ4n) is 2.27. The summed E-state index contributed by atoms with van der Waals surface area (Å²) in [6.07, 6.45) is 2.36. The summed E-state index contributed by atoms with van der Waals surface area (Å²) in [6.45, 7) is 6.40. The van der Waals surface area contributed by atoms with Crippen LogP contribution in [0.4, 0.5) is 0 Å². The van der Waals surface area contributed by atoms with Crippen LogP contribution in [-0.2, 0) is 9.59 Å². The lowest BCUT2D eigenvalue weighted by Gasteiger charge is -2.40. The second-order valence-corrected chi connectivity index (χ2v) is 6.12. The molecule has 1 aromatic heterocycles. The van der Waals surface area contributed by atoms with E-state index in [1.165, 1.54) is 0 Å². The highest BCUT2D eigenvalue weighted by Gasteiger charge is 2.41. The quantitative estimate of drug-likeness (QED) is 0.906. The first-order valence-electron chi connectivity index (χ1n) is 6.46. The van der Waals surface area contributed by atoms with Crippen LogP contribution in [0.25, 0.3) is 0 Å². The first-order valence-corrected chi connectivity index (χ1v) is 7.34. The third kappa shape index (κ3) is 2.78. The van der Waals surface area contributed by atoms with Crippen LogP contribution >= 0.6 is 11.3 Å². The van der Waals surface area contributed by atoms with E-state index in [1.54, 1.807) is 29.4 Å². The number of hydrogen-bond donors (Lipinski definition) is 1. The molecule has 1 fully saturated rings. The van der Waals surface area contributed by atoms with Crippen molar-refractivity contribution in [2.24, 2.45) is 0 Å². The monoisotopic (exact) mass is 281 g/mol. The maximum Gasteiger partial charge on any atom is 0.248 e. The van der Waals surface area contributed by atoms with E-state index in [4.69, 9.17) is 0 Å². The Morgan fingerprint density at radius 1 is 1.58 bits per heavy atom. The number of piperazine rings is 1. The van der Waals surface area contributed by atoms with Gasteiger partial charge in [-0.2, -0.15) is 0 Å². The number of rotatable bonds is 4. The van der Waals surface area contributed by atoms with E-state index in [0.29, 0.717) is 13.0 Å². The molecule has 104 valence electrons. The molecule has 2 heterocycles. The Morgan fingerprint density at radius 2 is 2.32 bits per heavy atom. The van der Waals surface area contributed by atoms with Crippen LogP contribution in [0.15, 0.2) is 11.6 Å². The van der Waals surface area contributed by atoms with Gasteiger partial charge in [0.2, 0.25) is 11.8 Å². The van der Waals surface area contributed by atoms with Gasteiger partial charge in [0.1, 0.15) is 5.54 Å². The molecule has 0 bridgehead atoms. The molecule has 1 N–H and O–H groups in total. The molecule has 2 amide bonds. The topological polar surface area (TPSA) is 62.3 Å². The fourth-order valence-corrected chi connectivity index (χ4v) is 2.96. The van der Waals surface area contributed by atoms with E-state index in [0.717, 1.165) is 5.01 Å². The average molecular weight is 281 g/mol. The number of hydrogen-bond acceptors (Lipinski definition) is 4. The minimum absolute atomic E-state index is 0.00185. The molecule has 1 saturated heterocycles. The Morgan fingerprint density at radius 3 is 2.89 bits per heavy atom. The van der Waals surface area contributed by atoms with E-state index < -0.39 is 5.54 Å². The predicted molar refractivity (Wildman–Crippen MR) is 73.9 cm³/mol. The molecule has 0 radical (unpaired) electrons. The maximum absolute atomic E-state index is 12.4. The summed E-state index contributed by atoms with van der Waals surface area (Å²) in [5.74, 6) is 0.0595. The summed E-state index contributed by atoms with van der Waals surface area (Å²) in [5.41, 5.74) is -0.766. The van der Waals surface area contributed by atoms with Gasteiger partial charge in [-0.15, -0.1) is 11.3 Å². The molecule has 0 spiro atoms. The van der Waals surface area contributed by atoms with E-state index in [9.17, 15) is 9.59 Å². The standard InChI is InChI=1S/C13H19N3O2S/c1-4-13(3)12(18)16(8-10(17)15-13)7-9(2)11-14-5-6-19-11/h5-6,9H,4,7-8H2,1-3H3,(H,15,17). The van der Waals surface area contributed by atoms with Crippen LogP contribution < -0.4 is 5.32 Å². The SMILES string of the molecule is CCC1(C)NC(=O)CN(CC(C)c2nccs2)C1=O. The number of carbonyl (C=O) groups excluding carboxylic acids is 2. The normalized spacial score (nSPS) is 25.3. The lowest BCUT2D eigenvalue weighted by Crippen LogP contribution is -2.65. The minimum atomic E-state index is -0.766. The first kappa shape index (κ1) is 14.0. The molecular formula is C13H19N3O2S. The summed E-state index contributed by atoms with van der Waals surface area (Å²) in [7, 11) is 0. The number of aromatic nitrogens is 1. The van der Waals surface area contributed by atoms with E-state index >= 15 is 0 Å². The molecule has 0 saturated carbocycles. The van der Waals surface area contributed by atoms with Gasteiger partial charge < -0.3 is 10.2 Å².